The average Bonchev–Trinajstić information content (AvgIpc) is 3.09. The highest BCUT2D eigenvalue weighted by Gasteiger charge is 2.25. The predicted molar refractivity (Wildman–Crippen MR) is 212 cm³/mol. The molecular weight excluding hydrogens is 654 g/mol. The van der Waals surface area contributed by atoms with E-state index in [0.717, 1.165) is 70.6 Å². The van der Waals surface area contributed by atoms with Crippen LogP contribution in [0.2, 0.25) is 0 Å². The van der Waals surface area contributed by atoms with Crippen LogP contribution in [-0.4, -0.2) is 75.5 Å². The Bertz CT molecular complexity index is 1040. The van der Waals surface area contributed by atoms with Gasteiger partial charge in [0.2, 0.25) is 0 Å². The van der Waals surface area contributed by atoms with Crippen LogP contribution in [0.4, 0.5) is 0 Å². The molecule has 2 unspecified atom stereocenters. The van der Waals surface area contributed by atoms with E-state index in [4.69, 9.17) is 14.2 Å². The van der Waals surface area contributed by atoms with Crippen molar-refractivity contribution in [1.29, 1.82) is 0 Å². The van der Waals surface area contributed by atoms with Crippen molar-refractivity contribution >= 4 is 17.9 Å². The van der Waals surface area contributed by atoms with Gasteiger partial charge in [-0.05, 0) is 64.2 Å². The van der Waals surface area contributed by atoms with Crippen LogP contribution >= 0.6 is 0 Å². The normalized spacial score (nSPS) is 13.6. The van der Waals surface area contributed by atoms with Gasteiger partial charge in [-0.2, -0.15) is 0 Å². The van der Waals surface area contributed by atoms with E-state index in [-0.39, 0.29) is 49.1 Å². The van der Waals surface area contributed by atoms with E-state index in [0.29, 0.717) is 12.8 Å². The quantitative estimate of drug-likeness (QED) is 0.0277. The van der Waals surface area contributed by atoms with E-state index in [1.807, 2.05) is 6.08 Å². The lowest BCUT2D eigenvalue weighted by atomic mass is 10.1. The highest BCUT2D eigenvalue weighted by molar-refractivity contribution is 5.70. The molecule has 0 aliphatic rings. The van der Waals surface area contributed by atoms with Crippen LogP contribution in [-0.2, 0) is 28.6 Å². The summed E-state index contributed by atoms with van der Waals surface area (Å²) in [6.45, 7) is 4.43. The number of carboxylic acid groups (broad SMARTS) is 1. The minimum Gasteiger partial charge on any atom is -0.544 e. The maximum absolute atomic E-state index is 12.7. The van der Waals surface area contributed by atoms with Crippen molar-refractivity contribution in [1.82, 2.24) is 0 Å². The van der Waals surface area contributed by atoms with E-state index in [1.54, 1.807) is 21.1 Å². The number of quaternary nitrogens is 1. The first-order valence-corrected chi connectivity index (χ1v) is 20.3. The number of ether oxygens (including phenoxy) is 3. The Morgan fingerprint density at radius 3 is 1.69 bits per heavy atom. The Kier molecular flexibility index (Phi) is 33.1. The molecule has 0 N–H and O–H groups in total. The maximum Gasteiger partial charge on any atom is 0.306 e. The third kappa shape index (κ3) is 32.9. The Morgan fingerprint density at radius 2 is 1.12 bits per heavy atom. The van der Waals surface area contributed by atoms with E-state index in [9.17, 15) is 19.5 Å². The monoisotopic (exact) mass is 730 g/mol. The van der Waals surface area contributed by atoms with E-state index in [2.05, 4.69) is 68.5 Å². The van der Waals surface area contributed by atoms with Crippen LogP contribution in [0.5, 0.6) is 0 Å². The molecule has 0 aromatic carbocycles. The number of hydrogen-bond donors (Lipinski definition) is 0. The number of likely N-dealkylation sites (N-methyl/N-ethyl adjacent to an activating group) is 1. The van der Waals surface area contributed by atoms with Crippen molar-refractivity contribution in [3.63, 3.8) is 0 Å². The maximum atomic E-state index is 12.7. The fraction of sp³-hybridized carbons (Fsp3) is 0.705. The summed E-state index contributed by atoms with van der Waals surface area (Å²) in [7, 11) is 5.38. The minimum atomic E-state index is -1.13. The Morgan fingerprint density at radius 1 is 0.596 bits per heavy atom. The summed E-state index contributed by atoms with van der Waals surface area (Å²) >= 11 is 0. The van der Waals surface area contributed by atoms with Crippen LogP contribution in [0, 0.1) is 0 Å². The van der Waals surface area contributed by atoms with Crippen molar-refractivity contribution in [2.75, 3.05) is 41.0 Å². The number of carboxylic acids is 1. The fourth-order valence-electron chi connectivity index (χ4n) is 5.49. The summed E-state index contributed by atoms with van der Waals surface area (Å²) in [5.74, 6) is -1.82. The standard InChI is InChI=1S/C44H75NO7/c1-6-8-10-12-14-16-17-18-19-20-21-22-23-24-25-26-27-29-31-33-35-43(47)52-40(38-50-37-36-41(44(48)49)45(3,4)5)39-51-42(46)34-32-30-28-15-13-11-9-7-2/h8,10,14,16,18-19,21-22,28,30,40-41H,6-7,9,11-13,15,17,20,23-27,29,31-39H2,1-5H3/b10-8+,16-14+,19-18+,22-21+,30-28+. The smallest absolute Gasteiger partial charge is 0.306 e. The van der Waals surface area contributed by atoms with E-state index >= 15 is 0 Å². The van der Waals surface area contributed by atoms with Crippen LogP contribution in [0.3, 0.4) is 0 Å². The number of carbonyl (C=O) groups is 3. The van der Waals surface area contributed by atoms with E-state index < -0.39 is 18.1 Å². The second-order valence-corrected chi connectivity index (χ2v) is 14.5. The molecule has 0 aromatic rings. The van der Waals surface area contributed by atoms with Gasteiger partial charge in [0.15, 0.2) is 6.10 Å². The number of hydrogen-bond acceptors (Lipinski definition) is 7. The summed E-state index contributed by atoms with van der Waals surface area (Å²) in [6.07, 6.45) is 41.2. The summed E-state index contributed by atoms with van der Waals surface area (Å²) in [5, 5.41) is 11.6. The minimum absolute atomic E-state index is 0.0223. The number of rotatable bonds is 35. The summed E-state index contributed by atoms with van der Waals surface area (Å²) in [6, 6.07) is -0.732. The summed E-state index contributed by atoms with van der Waals surface area (Å²) < 4.78 is 17.0. The van der Waals surface area contributed by atoms with Crippen LogP contribution in [0.25, 0.3) is 0 Å². The SMILES string of the molecule is CC/C=C/C/C=C/C/C=C/C/C=C/CCCCCCCCCC(=O)OC(COCCC(C(=O)[O-])[N+](C)(C)C)COC(=O)CC/C=C/CCCCCC. The van der Waals surface area contributed by atoms with Crippen molar-refractivity contribution in [2.24, 2.45) is 0 Å². The first-order chi connectivity index (χ1) is 25.1. The van der Waals surface area contributed by atoms with E-state index in [1.165, 1.54) is 38.5 Å². The predicted octanol–water partition coefficient (Wildman–Crippen LogP) is 9.30. The zero-order valence-electron chi connectivity index (χ0n) is 33.7. The zero-order valence-corrected chi connectivity index (χ0v) is 33.7. The Labute approximate surface area is 318 Å². The van der Waals surface area contributed by atoms with Gasteiger partial charge in [-0.25, -0.2) is 0 Å². The molecule has 0 aromatic heterocycles. The highest BCUT2D eigenvalue weighted by atomic mass is 16.6. The first-order valence-electron chi connectivity index (χ1n) is 20.3. The Hall–Kier alpha value is -2.97. The zero-order chi connectivity index (χ0) is 38.5. The number of carbonyl (C=O) groups excluding carboxylic acids is 3. The molecule has 0 aliphatic heterocycles. The molecule has 2 atom stereocenters. The van der Waals surface area contributed by atoms with Gasteiger partial charge in [0.05, 0.1) is 40.3 Å². The van der Waals surface area contributed by atoms with Gasteiger partial charge in [0.25, 0.3) is 0 Å². The van der Waals surface area contributed by atoms with Gasteiger partial charge < -0.3 is 28.6 Å². The molecule has 8 heteroatoms. The average molecular weight is 730 g/mol. The number of unbranched alkanes of at least 4 members (excludes halogenated alkanes) is 11. The molecule has 8 nitrogen and oxygen atoms in total. The van der Waals surface area contributed by atoms with Gasteiger partial charge in [0, 0.05) is 19.3 Å². The number of aliphatic carboxylic acids is 1. The molecule has 0 rings (SSSR count). The van der Waals surface area contributed by atoms with Gasteiger partial charge >= 0.3 is 11.9 Å². The fourth-order valence-corrected chi connectivity index (χ4v) is 5.49. The molecule has 0 heterocycles. The lowest BCUT2D eigenvalue weighted by Crippen LogP contribution is -2.55. The van der Waals surface area contributed by atoms with Crippen molar-refractivity contribution in [2.45, 2.75) is 161 Å². The van der Waals surface area contributed by atoms with Crippen LogP contribution < -0.4 is 5.11 Å². The topological polar surface area (TPSA) is 102 Å². The number of esters is 2. The second kappa shape index (κ2) is 35.1. The molecule has 0 spiro atoms. The second-order valence-electron chi connectivity index (χ2n) is 14.5. The first kappa shape index (κ1) is 49.0. The highest BCUT2D eigenvalue weighted by Crippen LogP contribution is 2.12. The van der Waals surface area contributed by atoms with Gasteiger partial charge in [0.1, 0.15) is 12.6 Å². The lowest BCUT2D eigenvalue weighted by molar-refractivity contribution is -0.889. The molecule has 0 saturated carbocycles. The van der Waals surface area contributed by atoms with Crippen molar-refractivity contribution in [3.05, 3.63) is 60.8 Å². The molecule has 0 fully saturated rings. The molecule has 52 heavy (non-hydrogen) atoms. The lowest BCUT2D eigenvalue weighted by Gasteiger charge is -2.34. The van der Waals surface area contributed by atoms with Gasteiger partial charge in [-0.1, -0.05) is 126 Å². The summed E-state index contributed by atoms with van der Waals surface area (Å²) in [4.78, 5) is 36.6. The molecule has 0 radical (unpaired) electrons. The molecule has 0 amide bonds. The van der Waals surface area contributed by atoms with Crippen molar-refractivity contribution < 1.29 is 38.2 Å². The summed E-state index contributed by atoms with van der Waals surface area (Å²) in [5.41, 5.74) is 0. The third-order valence-corrected chi connectivity index (χ3v) is 8.65. The van der Waals surface area contributed by atoms with Crippen LogP contribution in [0.15, 0.2) is 60.8 Å². The Balaban J connectivity index is 4.35. The molecule has 0 saturated heterocycles. The third-order valence-electron chi connectivity index (χ3n) is 8.65. The van der Waals surface area contributed by atoms with Crippen molar-refractivity contribution in [3.8, 4) is 0 Å². The number of nitrogens with zero attached hydrogens (tertiary/aromatic N) is 1. The van der Waals surface area contributed by atoms with Gasteiger partial charge in [-0.15, -0.1) is 0 Å². The molecule has 0 aliphatic carbocycles. The molecular formula is C44H75NO7. The van der Waals surface area contributed by atoms with Gasteiger partial charge in [-0.3, -0.25) is 9.59 Å². The molecule has 0 bridgehead atoms. The molecule has 298 valence electrons. The largest absolute Gasteiger partial charge is 0.544 e. The van der Waals surface area contributed by atoms with Crippen LogP contribution in [0.1, 0.15) is 149 Å². The number of allylic oxidation sites excluding steroid dienone is 10.